The molecular weight excluding hydrogens is 334 g/mol. The molecule has 2 heterocycles. The van der Waals surface area contributed by atoms with Gasteiger partial charge in [-0.05, 0) is 19.8 Å². The Kier molecular flexibility index (Phi) is 4.26. The number of nitrogens with one attached hydrogen (secondary N) is 1. The van der Waals surface area contributed by atoms with Crippen LogP contribution in [0.5, 0.6) is 0 Å². The summed E-state index contributed by atoms with van der Waals surface area (Å²) in [6.45, 7) is 1.68. The second-order valence-electron chi connectivity index (χ2n) is 6.52. The van der Waals surface area contributed by atoms with E-state index in [0.717, 1.165) is 18.4 Å². The monoisotopic (exact) mass is 353 g/mol. The summed E-state index contributed by atoms with van der Waals surface area (Å²) in [5.74, 6) is 0.306. The van der Waals surface area contributed by atoms with Crippen molar-refractivity contribution in [3.05, 3.63) is 54.0 Å². The fourth-order valence-corrected chi connectivity index (χ4v) is 3.12. The lowest BCUT2D eigenvalue weighted by molar-refractivity contribution is 0.0870. The summed E-state index contributed by atoms with van der Waals surface area (Å²) in [5, 5.41) is 24.4. The van der Waals surface area contributed by atoms with E-state index in [1.165, 1.54) is 0 Å². The molecule has 1 aromatic carbocycles. The standard InChI is InChI=1S/C18H19N5O3/c1-11(24)16-10-19-22-23(16)14-7-13(8-14)20-18(25)15-9-17(26-21-15)12-5-3-2-4-6-12/h2-6,9-11,13-14,24H,7-8H2,1H3,(H,20,25)/t11?,13-,14+. The molecule has 0 aliphatic heterocycles. The number of aromatic nitrogens is 4. The minimum Gasteiger partial charge on any atom is -0.387 e. The number of nitrogens with zero attached hydrogens (tertiary/aromatic N) is 4. The van der Waals surface area contributed by atoms with Gasteiger partial charge in [-0.2, -0.15) is 0 Å². The molecule has 1 saturated carbocycles. The Hall–Kier alpha value is -3.00. The van der Waals surface area contributed by atoms with Gasteiger partial charge in [-0.1, -0.05) is 40.7 Å². The van der Waals surface area contributed by atoms with Crippen LogP contribution >= 0.6 is 0 Å². The van der Waals surface area contributed by atoms with Crippen molar-refractivity contribution in [2.75, 3.05) is 0 Å². The van der Waals surface area contributed by atoms with Crippen molar-refractivity contribution in [2.45, 2.75) is 38.0 Å². The van der Waals surface area contributed by atoms with Crippen LogP contribution < -0.4 is 5.32 Å². The van der Waals surface area contributed by atoms with E-state index in [9.17, 15) is 9.90 Å². The minimum absolute atomic E-state index is 0.0374. The molecule has 1 aliphatic rings. The summed E-state index contributed by atoms with van der Waals surface area (Å²) >= 11 is 0. The van der Waals surface area contributed by atoms with Gasteiger partial charge in [-0.3, -0.25) is 4.79 Å². The summed E-state index contributed by atoms with van der Waals surface area (Å²) in [5.41, 5.74) is 1.82. The molecule has 1 unspecified atom stereocenters. The Balaban J connectivity index is 1.36. The molecule has 1 amide bonds. The van der Waals surface area contributed by atoms with E-state index in [0.29, 0.717) is 11.5 Å². The second-order valence-corrected chi connectivity index (χ2v) is 6.52. The van der Waals surface area contributed by atoms with Crippen molar-refractivity contribution in [3.8, 4) is 11.3 Å². The van der Waals surface area contributed by atoms with Gasteiger partial charge in [0.25, 0.3) is 5.91 Å². The molecule has 0 spiro atoms. The average Bonchev–Trinajstić information content (AvgIpc) is 3.27. The largest absolute Gasteiger partial charge is 0.387 e. The lowest BCUT2D eigenvalue weighted by atomic mass is 9.86. The molecule has 1 aliphatic carbocycles. The van der Waals surface area contributed by atoms with E-state index in [-0.39, 0.29) is 23.7 Å². The maximum atomic E-state index is 12.4. The number of carbonyl (C=O) groups is 1. The van der Waals surface area contributed by atoms with Crippen molar-refractivity contribution < 1.29 is 14.4 Å². The van der Waals surface area contributed by atoms with E-state index < -0.39 is 6.10 Å². The first-order valence-electron chi connectivity index (χ1n) is 8.53. The topological polar surface area (TPSA) is 106 Å². The van der Waals surface area contributed by atoms with Crippen molar-refractivity contribution in [1.82, 2.24) is 25.5 Å². The van der Waals surface area contributed by atoms with Crippen LogP contribution in [0.15, 0.2) is 47.1 Å². The van der Waals surface area contributed by atoms with E-state index in [2.05, 4.69) is 20.8 Å². The van der Waals surface area contributed by atoms with Crippen LogP contribution in [-0.4, -0.2) is 37.2 Å². The molecule has 2 N–H and O–H groups in total. The lowest BCUT2D eigenvalue weighted by Gasteiger charge is -2.36. The van der Waals surface area contributed by atoms with Gasteiger partial charge in [0.15, 0.2) is 11.5 Å². The quantitative estimate of drug-likeness (QED) is 0.728. The van der Waals surface area contributed by atoms with Crippen molar-refractivity contribution in [3.63, 3.8) is 0 Å². The van der Waals surface area contributed by atoms with E-state index in [4.69, 9.17) is 4.52 Å². The number of carbonyl (C=O) groups excluding carboxylic acids is 1. The Labute approximate surface area is 149 Å². The second kappa shape index (κ2) is 6.72. The zero-order valence-corrected chi connectivity index (χ0v) is 14.2. The molecule has 8 nitrogen and oxygen atoms in total. The summed E-state index contributed by atoms with van der Waals surface area (Å²) in [6, 6.07) is 11.3. The summed E-state index contributed by atoms with van der Waals surface area (Å²) in [4.78, 5) is 12.4. The molecule has 134 valence electrons. The van der Waals surface area contributed by atoms with Crippen molar-refractivity contribution in [2.24, 2.45) is 0 Å². The summed E-state index contributed by atoms with van der Waals surface area (Å²) in [7, 11) is 0. The lowest BCUT2D eigenvalue weighted by Crippen LogP contribution is -2.45. The normalized spacial score (nSPS) is 20.4. The van der Waals surface area contributed by atoms with Gasteiger partial charge < -0.3 is 14.9 Å². The van der Waals surface area contributed by atoms with E-state index >= 15 is 0 Å². The van der Waals surface area contributed by atoms with Gasteiger partial charge in [-0.25, -0.2) is 4.68 Å². The number of amides is 1. The Morgan fingerprint density at radius 1 is 1.35 bits per heavy atom. The Bertz CT molecular complexity index is 896. The van der Waals surface area contributed by atoms with Gasteiger partial charge in [0, 0.05) is 17.7 Å². The molecule has 0 saturated heterocycles. The molecule has 26 heavy (non-hydrogen) atoms. The molecule has 2 aromatic heterocycles. The van der Waals surface area contributed by atoms with Crippen molar-refractivity contribution >= 4 is 5.91 Å². The molecule has 0 radical (unpaired) electrons. The number of rotatable bonds is 5. The van der Waals surface area contributed by atoms with Gasteiger partial charge in [-0.15, -0.1) is 5.10 Å². The van der Waals surface area contributed by atoms with Crippen LogP contribution in [0.1, 0.15) is 48.1 Å². The Morgan fingerprint density at radius 3 is 2.85 bits per heavy atom. The van der Waals surface area contributed by atoms with E-state index in [1.807, 2.05) is 30.3 Å². The number of aliphatic hydroxyl groups is 1. The first-order chi connectivity index (χ1) is 12.6. The average molecular weight is 353 g/mol. The first kappa shape index (κ1) is 16.5. The van der Waals surface area contributed by atoms with Gasteiger partial charge in [0.05, 0.1) is 24.0 Å². The van der Waals surface area contributed by atoms with Gasteiger partial charge >= 0.3 is 0 Å². The number of hydrogen-bond donors (Lipinski definition) is 2. The van der Waals surface area contributed by atoms with Crippen molar-refractivity contribution in [1.29, 1.82) is 0 Å². The van der Waals surface area contributed by atoms with Gasteiger partial charge in [0.2, 0.25) is 0 Å². The predicted molar refractivity (Wildman–Crippen MR) is 92.1 cm³/mol. The molecular formula is C18H19N5O3. The van der Waals surface area contributed by atoms with Crippen LogP contribution in [-0.2, 0) is 0 Å². The summed E-state index contributed by atoms with van der Waals surface area (Å²) < 4.78 is 7.00. The summed E-state index contributed by atoms with van der Waals surface area (Å²) in [6.07, 6.45) is 2.42. The Morgan fingerprint density at radius 2 is 2.12 bits per heavy atom. The number of hydrogen-bond acceptors (Lipinski definition) is 6. The van der Waals surface area contributed by atoms with Crippen LogP contribution in [0, 0.1) is 0 Å². The smallest absolute Gasteiger partial charge is 0.273 e. The van der Waals surface area contributed by atoms with Crippen LogP contribution in [0.4, 0.5) is 0 Å². The maximum Gasteiger partial charge on any atom is 0.273 e. The third kappa shape index (κ3) is 3.11. The fourth-order valence-electron chi connectivity index (χ4n) is 3.12. The molecule has 1 fully saturated rings. The highest BCUT2D eigenvalue weighted by Crippen LogP contribution is 2.33. The number of benzene rings is 1. The van der Waals surface area contributed by atoms with Gasteiger partial charge in [0.1, 0.15) is 0 Å². The minimum atomic E-state index is -0.620. The molecule has 8 heteroatoms. The highest BCUT2D eigenvalue weighted by Gasteiger charge is 2.34. The molecule has 0 bridgehead atoms. The predicted octanol–water partition coefficient (Wildman–Crippen LogP) is 2.12. The first-order valence-corrected chi connectivity index (χ1v) is 8.53. The highest BCUT2D eigenvalue weighted by molar-refractivity contribution is 5.93. The van der Waals surface area contributed by atoms with Crippen LogP contribution in [0.25, 0.3) is 11.3 Å². The van der Waals surface area contributed by atoms with E-state index in [1.54, 1.807) is 23.9 Å². The number of aliphatic hydroxyl groups excluding tert-OH is 1. The zero-order chi connectivity index (χ0) is 18.1. The molecule has 4 rings (SSSR count). The van der Waals surface area contributed by atoms with Crippen LogP contribution in [0.2, 0.25) is 0 Å². The van der Waals surface area contributed by atoms with Crippen LogP contribution in [0.3, 0.4) is 0 Å². The third-order valence-electron chi connectivity index (χ3n) is 4.63. The highest BCUT2D eigenvalue weighted by atomic mass is 16.5. The SMILES string of the molecule is CC(O)c1cnnn1[C@H]1C[C@@H](NC(=O)c2cc(-c3ccccc3)on2)C1. The zero-order valence-electron chi connectivity index (χ0n) is 14.2. The fraction of sp³-hybridized carbons (Fsp3) is 0.333. The molecule has 1 atom stereocenters. The maximum absolute atomic E-state index is 12.4. The third-order valence-corrected chi connectivity index (χ3v) is 4.63. The molecule has 3 aromatic rings.